The number of anilines is 1. The van der Waals surface area contributed by atoms with E-state index in [1.807, 2.05) is 78.9 Å². The van der Waals surface area contributed by atoms with E-state index in [0.717, 1.165) is 53.8 Å². The van der Waals surface area contributed by atoms with Gasteiger partial charge in [0.25, 0.3) is 5.91 Å². The van der Waals surface area contributed by atoms with Gasteiger partial charge in [-0.15, -0.1) is 0 Å². The van der Waals surface area contributed by atoms with E-state index in [9.17, 15) is 4.79 Å². The third kappa shape index (κ3) is 8.57. The first kappa shape index (κ1) is 28.1. The molecule has 1 heterocycles. The highest BCUT2D eigenvalue weighted by Crippen LogP contribution is 2.22. The Balaban J connectivity index is 1.25. The second-order valence-electron chi connectivity index (χ2n) is 9.04. The number of amides is 1. The molecule has 1 aromatic heterocycles. The quantitative estimate of drug-likeness (QED) is 0.197. The number of likely N-dealkylation sites (N-methyl/N-ethyl adjacent to an activating group) is 1. The monoisotopic (exact) mass is 543 g/mol. The highest BCUT2D eigenvalue weighted by molar-refractivity contribution is 6.30. The zero-order valence-electron chi connectivity index (χ0n) is 22.4. The Labute approximate surface area is 235 Å². The summed E-state index contributed by atoms with van der Waals surface area (Å²) in [5.74, 6) is 1.36. The minimum atomic E-state index is -0.214. The van der Waals surface area contributed by atoms with Crippen LogP contribution in [0.5, 0.6) is 11.5 Å². The van der Waals surface area contributed by atoms with Crippen LogP contribution in [0.4, 0.5) is 5.69 Å². The first-order valence-electron chi connectivity index (χ1n) is 13.2. The third-order valence-electron chi connectivity index (χ3n) is 6.43. The topological polar surface area (TPSA) is 63.7 Å². The largest absolute Gasteiger partial charge is 0.493 e. The molecule has 0 saturated heterocycles. The number of ether oxygens (including phenoxy) is 2. The number of pyridine rings is 1. The molecule has 6 nitrogen and oxygen atoms in total. The minimum Gasteiger partial charge on any atom is -0.493 e. The number of benzene rings is 3. The van der Waals surface area contributed by atoms with Crippen molar-refractivity contribution in [2.45, 2.75) is 20.3 Å². The van der Waals surface area contributed by atoms with Crippen LogP contribution in [0.3, 0.4) is 0 Å². The number of rotatable bonds is 13. The second-order valence-corrected chi connectivity index (χ2v) is 9.47. The van der Waals surface area contributed by atoms with Gasteiger partial charge in [0.1, 0.15) is 18.1 Å². The molecule has 7 heteroatoms. The van der Waals surface area contributed by atoms with Crippen molar-refractivity contribution in [1.29, 1.82) is 0 Å². The van der Waals surface area contributed by atoms with Gasteiger partial charge in [-0.05, 0) is 91.4 Å². The van der Waals surface area contributed by atoms with Crippen molar-refractivity contribution in [3.8, 4) is 22.8 Å². The molecule has 1 amide bonds. The summed E-state index contributed by atoms with van der Waals surface area (Å²) in [5, 5.41) is 3.64. The maximum absolute atomic E-state index is 12.7. The maximum atomic E-state index is 12.7. The van der Waals surface area contributed by atoms with Gasteiger partial charge in [0.2, 0.25) is 0 Å². The average molecular weight is 544 g/mol. The Hall–Kier alpha value is -3.87. The number of nitrogens with zero attached hydrogens (tertiary/aromatic N) is 2. The number of hydrogen-bond donors (Lipinski definition) is 1. The Bertz CT molecular complexity index is 1310. The third-order valence-corrected chi connectivity index (χ3v) is 6.68. The summed E-state index contributed by atoms with van der Waals surface area (Å²) in [6.07, 6.45) is 2.39. The minimum absolute atomic E-state index is 0.214. The van der Waals surface area contributed by atoms with E-state index >= 15 is 0 Å². The summed E-state index contributed by atoms with van der Waals surface area (Å²) >= 11 is 5.93. The summed E-state index contributed by atoms with van der Waals surface area (Å²) in [4.78, 5) is 19.5. The predicted octanol–water partition coefficient (Wildman–Crippen LogP) is 7.00. The van der Waals surface area contributed by atoms with Gasteiger partial charge >= 0.3 is 0 Å². The van der Waals surface area contributed by atoms with Crippen LogP contribution in [0, 0.1) is 0 Å². The lowest BCUT2D eigenvalue weighted by Crippen LogP contribution is -2.27. The molecular formula is C32H34ClN3O3. The Morgan fingerprint density at radius 3 is 2.08 bits per heavy atom. The molecular weight excluding hydrogens is 510 g/mol. The molecule has 202 valence electrons. The number of carbonyl (C=O) groups is 1. The van der Waals surface area contributed by atoms with Crippen molar-refractivity contribution >= 4 is 23.2 Å². The summed E-state index contributed by atoms with van der Waals surface area (Å²) in [5.41, 5.74) is 4.10. The zero-order chi connectivity index (χ0) is 27.5. The zero-order valence-corrected chi connectivity index (χ0v) is 23.2. The lowest BCUT2D eigenvalue weighted by atomic mass is 10.1. The van der Waals surface area contributed by atoms with Crippen LogP contribution in [-0.4, -0.2) is 48.6 Å². The summed E-state index contributed by atoms with van der Waals surface area (Å²) in [7, 11) is 0. The Morgan fingerprint density at radius 1 is 0.821 bits per heavy atom. The van der Waals surface area contributed by atoms with Crippen LogP contribution < -0.4 is 14.8 Å². The molecule has 0 aliphatic rings. The van der Waals surface area contributed by atoms with Gasteiger partial charge in [-0.1, -0.05) is 37.6 Å². The second kappa shape index (κ2) is 14.3. The molecule has 3 aromatic carbocycles. The molecule has 0 spiro atoms. The molecule has 4 rings (SSSR count). The standard InChI is InChI=1S/C32H34ClN3O3/c1-3-36(4-2)20-22-39-30-16-12-28(13-17-30)35-32(37)26-9-18-31(34-23-26)25-7-14-29(15-8-25)38-21-19-24-5-10-27(33)11-6-24/h5-18,23H,3-4,19-22H2,1-2H3,(H,35,37). The first-order chi connectivity index (χ1) is 19.0. The van der Waals surface area contributed by atoms with Crippen molar-refractivity contribution in [3.63, 3.8) is 0 Å². The average Bonchev–Trinajstić information content (AvgIpc) is 2.98. The molecule has 0 fully saturated rings. The van der Waals surface area contributed by atoms with Crippen molar-refractivity contribution in [2.24, 2.45) is 0 Å². The van der Waals surface area contributed by atoms with Crippen molar-refractivity contribution in [3.05, 3.63) is 107 Å². The van der Waals surface area contributed by atoms with Gasteiger partial charge in [-0.2, -0.15) is 0 Å². The highest BCUT2D eigenvalue weighted by Gasteiger charge is 2.09. The number of carbonyl (C=O) groups excluding carboxylic acids is 1. The molecule has 0 aliphatic heterocycles. The van der Waals surface area contributed by atoms with Crippen molar-refractivity contribution < 1.29 is 14.3 Å². The fourth-order valence-corrected chi connectivity index (χ4v) is 4.15. The van der Waals surface area contributed by atoms with E-state index in [4.69, 9.17) is 21.1 Å². The van der Waals surface area contributed by atoms with Crippen LogP contribution in [0.25, 0.3) is 11.3 Å². The molecule has 0 aliphatic carbocycles. The van der Waals surface area contributed by atoms with E-state index in [1.165, 1.54) is 5.56 Å². The molecule has 4 aromatic rings. The van der Waals surface area contributed by atoms with E-state index in [1.54, 1.807) is 12.3 Å². The van der Waals surface area contributed by atoms with Crippen LogP contribution >= 0.6 is 11.6 Å². The van der Waals surface area contributed by atoms with Crippen molar-refractivity contribution in [1.82, 2.24) is 9.88 Å². The lowest BCUT2D eigenvalue weighted by molar-refractivity contribution is 0.102. The van der Waals surface area contributed by atoms with E-state index in [0.29, 0.717) is 24.5 Å². The van der Waals surface area contributed by atoms with E-state index < -0.39 is 0 Å². The maximum Gasteiger partial charge on any atom is 0.257 e. The molecule has 0 saturated carbocycles. The number of hydrogen-bond acceptors (Lipinski definition) is 5. The smallest absolute Gasteiger partial charge is 0.257 e. The summed E-state index contributed by atoms with van der Waals surface area (Å²) in [6.45, 7) is 8.40. The normalized spacial score (nSPS) is 10.9. The van der Waals surface area contributed by atoms with E-state index in [2.05, 4.69) is 29.0 Å². The molecule has 1 N–H and O–H groups in total. The Morgan fingerprint density at radius 2 is 1.46 bits per heavy atom. The number of aromatic nitrogens is 1. The summed E-state index contributed by atoms with van der Waals surface area (Å²) in [6, 6.07) is 26.6. The fraction of sp³-hybridized carbons (Fsp3) is 0.250. The van der Waals surface area contributed by atoms with Crippen molar-refractivity contribution in [2.75, 3.05) is 38.2 Å². The van der Waals surface area contributed by atoms with Gasteiger partial charge < -0.3 is 19.7 Å². The molecule has 0 unspecified atom stereocenters. The van der Waals surface area contributed by atoms with Gasteiger partial charge in [-0.3, -0.25) is 9.78 Å². The van der Waals surface area contributed by atoms with Crippen LogP contribution in [0.1, 0.15) is 29.8 Å². The van der Waals surface area contributed by atoms with Gasteiger partial charge in [0, 0.05) is 35.4 Å². The van der Waals surface area contributed by atoms with Crippen LogP contribution in [0.15, 0.2) is 91.1 Å². The highest BCUT2D eigenvalue weighted by atomic mass is 35.5. The van der Waals surface area contributed by atoms with Gasteiger partial charge in [0.15, 0.2) is 0 Å². The predicted molar refractivity (Wildman–Crippen MR) is 158 cm³/mol. The summed E-state index contributed by atoms with van der Waals surface area (Å²) < 4.78 is 11.7. The molecule has 39 heavy (non-hydrogen) atoms. The molecule has 0 bridgehead atoms. The van der Waals surface area contributed by atoms with Crippen LogP contribution in [0.2, 0.25) is 5.02 Å². The van der Waals surface area contributed by atoms with Crippen LogP contribution in [-0.2, 0) is 6.42 Å². The van der Waals surface area contributed by atoms with Gasteiger partial charge in [0.05, 0.1) is 17.9 Å². The Kier molecular flexibility index (Phi) is 10.3. The lowest BCUT2D eigenvalue weighted by Gasteiger charge is -2.18. The molecule has 0 atom stereocenters. The fourth-order valence-electron chi connectivity index (χ4n) is 4.03. The first-order valence-corrected chi connectivity index (χ1v) is 13.6. The number of halogens is 1. The van der Waals surface area contributed by atoms with Gasteiger partial charge in [-0.25, -0.2) is 0 Å². The number of nitrogens with one attached hydrogen (secondary N) is 1. The molecule has 0 radical (unpaired) electrons. The SMILES string of the molecule is CCN(CC)CCOc1ccc(NC(=O)c2ccc(-c3ccc(OCCc4ccc(Cl)cc4)cc3)nc2)cc1. The van der Waals surface area contributed by atoms with E-state index in [-0.39, 0.29) is 5.91 Å².